The Morgan fingerprint density at radius 1 is 1.53 bits per heavy atom. The van der Waals surface area contributed by atoms with Gasteiger partial charge in [-0.3, -0.25) is 0 Å². The number of ether oxygens (including phenoxy) is 1. The molecule has 0 spiro atoms. The van der Waals surface area contributed by atoms with Gasteiger partial charge in [0.15, 0.2) is 0 Å². The smallest absolute Gasteiger partial charge is 0.321 e. The molecule has 0 saturated heterocycles. The van der Waals surface area contributed by atoms with Gasteiger partial charge in [0.25, 0.3) is 0 Å². The monoisotopic (exact) mass is 228 g/mol. The summed E-state index contributed by atoms with van der Waals surface area (Å²) in [5.74, 6) is 0. The molecular weight excluding hydrogens is 216 g/mol. The van der Waals surface area contributed by atoms with Crippen LogP contribution in [0.1, 0.15) is 5.56 Å². The highest BCUT2D eigenvalue weighted by atomic mass is 35.5. The van der Waals surface area contributed by atoms with Gasteiger partial charge in [0.05, 0.1) is 0 Å². The van der Waals surface area contributed by atoms with Crippen LogP contribution in [0.2, 0.25) is 5.02 Å². The first-order valence-electron chi connectivity index (χ1n) is 4.43. The minimum absolute atomic E-state index is 0.172. The maximum atomic E-state index is 11.2. The number of halogens is 1. The molecule has 0 saturated carbocycles. The summed E-state index contributed by atoms with van der Waals surface area (Å²) in [7, 11) is 1.50. The second-order valence-corrected chi connectivity index (χ2v) is 3.44. The maximum Gasteiger partial charge on any atom is 0.321 e. The Hall–Kier alpha value is -1.26. The fraction of sp³-hybridized carbons (Fsp3) is 0.300. The Labute approximate surface area is 93.6 Å². The number of carbonyl (C=O) groups excluding carboxylic acids is 1. The predicted molar refractivity (Wildman–Crippen MR) is 60.2 cm³/mol. The van der Waals surface area contributed by atoms with Gasteiger partial charge < -0.3 is 15.4 Å². The van der Waals surface area contributed by atoms with Crippen LogP contribution in [0.25, 0.3) is 0 Å². The lowest BCUT2D eigenvalue weighted by Crippen LogP contribution is -2.30. The number of hydrogen-bond acceptors (Lipinski definition) is 2. The fourth-order valence-corrected chi connectivity index (χ4v) is 1.16. The van der Waals surface area contributed by atoms with Crippen LogP contribution in [0.15, 0.2) is 18.2 Å². The van der Waals surface area contributed by atoms with Crippen molar-refractivity contribution in [3.05, 3.63) is 28.8 Å². The van der Waals surface area contributed by atoms with Gasteiger partial charge >= 0.3 is 6.03 Å². The summed E-state index contributed by atoms with van der Waals surface area (Å²) in [6.45, 7) is 2.07. The Balaban J connectivity index is 2.57. The molecule has 1 aromatic carbocycles. The molecule has 0 unspecified atom stereocenters. The standard InChI is InChI=1S/C10H13ClN2O2/c1-7-3-4-8(5-9(7)11)13-10(14)12-6-15-2/h3-5H,6H2,1-2H3,(H2,12,13,14). The summed E-state index contributed by atoms with van der Waals surface area (Å²) in [5, 5.41) is 5.75. The largest absolute Gasteiger partial charge is 0.364 e. The number of aryl methyl sites for hydroxylation is 1. The number of amides is 2. The van der Waals surface area contributed by atoms with Gasteiger partial charge in [-0.25, -0.2) is 4.79 Å². The number of carbonyl (C=O) groups is 1. The van der Waals surface area contributed by atoms with E-state index in [2.05, 4.69) is 10.6 Å². The van der Waals surface area contributed by atoms with Gasteiger partial charge in [0.1, 0.15) is 6.73 Å². The number of methoxy groups -OCH3 is 1. The van der Waals surface area contributed by atoms with E-state index in [-0.39, 0.29) is 12.8 Å². The first-order chi connectivity index (χ1) is 7.13. The molecule has 0 aromatic heterocycles. The lowest BCUT2D eigenvalue weighted by atomic mass is 10.2. The highest BCUT2D eigenvalue weighted by molar-refractivity contribution is 6.31. The van der Waals surface area contributed by atoms with E-state index in [1.54, 1.807) is 12.1 Å². The van der Waals surface area contributed by atoms with Gasteiger partial charge in [-0.2, -0.15) is 0 Å². The Morgan fingerprint density at radius 3 is 2.87 bits per heavy atom. The summed E-state index contributed by atoms with van der Waals surface area (Å²) in [5.41, 5.74) is 1.62. The number of urea groups is 1. The van der Waals surface area contributed by atoms with E-state index in [9.17, 15) is 4.79 Å². The van der Waals surface area contributed by atoms with Crippen molar-refractivity contribution in [2.75, 3.05) is 19.2 Å². The average molecular weight is 229 g/mol. The third-order valence-corrected chi connectivity index (χ3v) is 2.21. The Kier molecular flexibility index (Phi) is 4.39. The molecule has 15 heavy (non-hydrogen) atoms. The van der Waals surface area contributed by atoms with Crippen LogP contribution in [0.5, 0.6) is 0 Å². The normalized spacial score (nSPS) is 9.80. The van der Waals surface area contributed by atoms with Crippen LogP contribution in [-0.4, -0.2) is 19.9 Å². The topological polar surface area (TPSA) is 50.4 Å². The minimum atomic E-state index is -0.322. The molecule has 0 heterocycles. The first kappa shape index (κ1) is 11.8. The molecule has 0 aliphatic heterocycles. The van der Waals surface area contributed by atoms with Crippen LogP contribution in [0.4, 0.5) is 10.5 Å². The molecule has 0 radical (unpaired) electrons. The van der Waals surface area contributed by atoms with Crippen molar-refractivity contribution >= 4 is 23.3 Å². The van der Waals surface area contributed by atoms with Crippen LogP contribution >= 0.6 is 11.6 Å². The zero-order valence-electron chi connectivity index (χ0n) is 8.63. The summed E-state index contributed by atoms with van der Waals surface area (Å²) in [6.07, 6.45) is 0. The molecule has 1 aromatic rings. The summed E-state index contributed by atoms with van der Waals surface area (Å²) >= 11 is 5.91. The quantitative estimate of drug-likeness (QED) is 0.781. The number of anilines is 1. The molecule has 0 aliphatic rings. The summed E-state index contributed by atoms with van der Waals surface area (Å²) < 4.78 is 4.70. The highest BCUT2D eigenvalue weighted by Gasteiger charge is 2.02. The second-order valence-electron chi connectivity index (χ2n) is 3.03. The maximum absolute atomic E-state index is 11.2. The second kappa shape index (κ2) is 5.58. The van der Waals surface area contributed by atoms with E-state index >= 15 is 0 Å². The molecule has 2 N–H and O–H groups in total. The van der Waals surface area contributed by atoms with Gasteiger partial charge in [0.2, 0.25) is 0 Å². The number of benzene rings is 1. The van der Waals surface area contributed by atoms with E-state index < -0.39 is 0 Å². The van der Waals surface area contributed by atoms with E-state index in [1.165, 1.54) is 7.11 Å². The zero-order valence-corrected chi connectivity index (χ0v) is 9.39. The number of nitrogens with one attached hydrogen (secondary N) is 2. The number of rotatable bonds is 3. The van der Waals surface area contributed by atoms with Gasteiger partial charge in [0, 0.05) is 17.8 Å². The van der Waals surface area contributed by atoms with Crippen molar-refractivity contribution in [2.24, 2.45) is 0 Å². The molecule has 0 aliphatic carbocycles. The summed E-state index contributed by atoms with van der Waals surface area (Å²) in [4.78, 5) is 11.2. The van der Waals surface area contributed by atoms with E-state index in [0.29, 0.717) is 10.7 Å². The zero-order chi connectivity index (χ0) is 11.3. The fourth-order valence-electron chi connectivity index (χ4n) is 0.984. The van der Waals surface area contributed by atoms with Crippen molar-refractivity contribution in [1.29, 1.82) is 0 Å². The summed E-state index contributed by atoms with van der Waals surface area (Å²) in [6, 6.07) is 5.00. The first-order valence-corrected chi connectivity index (χ1v) is 4.81. The van der Waals surface area contributed by atoms with Gasteiger partial charge in [-0.05, 0) is 24.6 Å². The van der Waals surface area contributed by atoms with Gasteiger partial charge in [-0.15, -0.1) is 0 Å². The molecule has 4 nitrogen and oxygen atoms in total. The van der Waals surface area contributed by atoms with Crippen LogP contribution < -0.4 is 10.6 Å². The van der Waals surface area contributed by atoms with E-state index in [0.717, 1.165) is 5.56 Å². The molecule has 2 amide bonds. The van der Waals surface area contributed by atoms with Gasteiger partial charge in [-0.1, -0.05) is 17.7 Å². The molecular formula is C10H13ClN2O2. The molecule has 0 atom stereocenters. The number of hydrogen-bond donors (Lipinski definition) is 2. The lowest BCUT2D eigenvalue weighted by molar-refractivity contribution is 0.177. The molecule has 0 bridgehead atoms. The SMILES string of the molecule is COCNC(=O)Nc1ccc(C)c(Cl)c1. The Morgan fingerprint density at radius 2 is 2.27 bits per heavy atom. The average Bonchev–Trinajstić information content (AvgIpc) is 2.20. The van der Waals surface area contributed by atoms with Crippen molar-refractivity contribution in [3.8, 4) is 0 Å². The molecule has 5 heteroatoms. The van der Waals surface area contributed by atoms with E-state index in [1.807, 2.05) is 13.0 Å². The Bertz CT molecular complexity index is 355. The highest BCUT2D eigenvalue weighted by Crippen LogP contribution is 2.19. The third kappa shape index (κ3) is 3.77. The van der Waals surface area contributed by atoms with Crippen molar-refractivity contribution < 1.29 is 9.53 Å². The lowest BCUT2D eigenvalue weighted by Gasteiger charge is -2.07. The van der Waals surface area contributed by atoms with Crippen molar-refractivity contribution in [1.82, 2.24) is 5.32 Å². The van der Waals surface area contributed by atoms with Crippen LogP contribution in [-0.2, 0) is 4.74 Å². The molecule has 0 fully saturated rings. The van der Waals surface area contributed by atoms with Crippen LogP contribution in [0, 0.1) is 6.92 Å². The predicted octanol–water partition coefficient (Wildman–Crippen LogP) is 2.37. The minimum Gasteiger partial charge on any atom is -0.364 e. The van der Waals surface area contributed by atoms with E-state index in [4.69, 9.17) is 16.3 Å². The molecule has 82 valence electrons. The van der Waals surface area contributed by atoms with Crippen molar-refractivity contribution in [3.63, 3.8) is 0 Å². The van der Waals surface area contributed by atoms with Crippen molar-refractivity contribution in [2.45, 2.75) is 6.92 Å². The third-order valence-electron chi connectivity index (χ3n) is 1.81. The molecule has 1 rings (SSSR count). The van der Waals surface area contributed by atoms with Crippen LogP contribution in [0.3, 0.4) is 0 Å².